The zero-order chi connectivity index (χ0) is 14.7. The first-order chi connectivity index (χ1) is 9.56. The maximum atomic E-state index is 13.7. The molecule has 0 N–H and O–H groups in total. The van der Waals surface area contributed by atoms with Crippen LogP contribution in [0.25, 0.3) is 0 Å². The van der Waals surface area contributed by atoms with Crippen molar-refractivity contribution < 1.29 is 18.0 Å². The highest BCUT2D eigenvalue weighted by Crippen LogP contribution is 2.24. The topological polar surface area (TPSA) is 54.0 Å². The molecule has 0 aliphatic rings. The molecule has 1 aromatic heterocycles. The highest BCUT2D eigenvalue weighted by atomic mass is 19.1. The first-order valence-corrected chi connectivity index (χ1v) is 6.04. The summed E-state index contributed by atoms with van der Waals surface area (Å²) in [5.41, 5.74) is -0.159. The van der Waals surface area contributed by atoms with Gasteiger partial charge in [-0.2, -0.15) is 5.26 Å². The van der Waals surface area contributed by atoms with Gasteiger partial charge >= 0.3 is 0 Å². The number of nitrogens with zero attached hydrogens (tertiary/aromatic N) is 1. The van der Waals surface area contributed by atoms with Crippen molar-refractivity contribution in [3.05, 3.63) is 59.1 Å². The Hall–Kier alpha value is -2.48. The molecular weight excluding hydrogens is 264 g/mol. The van der Waals surface area contributed by atoms with Crippen LogP contribution in [0.1, 0.15) is 34.7 Å². The van der Waals surface area contributed by atoms with Crippen molar-refractivity contribution in [2.75, 3.05) is 0 Å². The number of Topliss-reactive ketones (excluding diaryl/α,β-unsaturated/α-hetero) is 1. The van der Waals surface area contributed by atoms with E-state index in [9.17, 15) is 13.6 Å². The number of rotatable bonds is 4. The average Bonchev–Trinajstić information content (AvgIpc) is 2.90. The van der Waals surface area contributed by atoms with E-state index < -0.39 is 23.3 Å². The molecule has 1 atom stereocenters. The molecule has 0 saturated carbocycles. The van der Waals surface area contributed by atoms with Crippen molar-refractivity contribution >= 4 is 5.78 Å². The van der Waals surface area contributed by atoms with E-state index in [0.717, 1.165) is 12.1 Å². The predicted octanol–water partition coefficient (Wildman–Crippen LogP) is 3.61. The molecule has 2 rings (SSSR count). The second-order valence-electron chi connectivity index (χ2n) is 4.21. The summed E-state index contributed by atoms with van der Waals surface area (Å²) < 4.78 is 31.8. The first-order valence-electron chi connectivity index (χ1n) is 6.04. The number of halogens is 2. The highest BCUT2D eigenvalue weighted by Gasteiger charge is 2.27. The molecular formula is C15H11F2NO2. The second-order valence-corrected chi connectivity index (χ2v) is 4.21. The fraction of sp³-hybridized carbons (Fsp3) is 0.200. The van der Waals surface area contributed by atoms with Gasteiger partial charge in [0.2, 0.25) is 5.78 Å². The lowest BCUT2D eigenvalue weighted by atomic mass is 9.94. The smallest absolute Gasteiger partial charge is 0.219 e. The van der Waals surface area contributed by atoms with Gasteiger partial charge in [-0.1, -0.05) is 13.0 Å². The fourth-order valence-corrected chi connectivity index (χ4v) is 1.85. The lowest BCUT2D eigenvalue weighted by molar-refractivity contribution is 0.0949. The van der Waals surface area contributed by atoms with Crippen molar-refractivity contribution in [2.24, 2.45) is 0 Å². The minimum absolute atomic E-state index is 0.00266. The van der Waals surface area contributed by atoms with Gasteiger partial charge in [0.1, 0.15) is 23.3 Å². The standard InChI is InChI=1S/C15H11F2NO2/c1-2-10-4-6-14(20-10)15(19)12(8-18)11-5-3-9(16)7-13(11)17/h3-7,12H,2H2,1H3. The van der Waals surface area contributed by atoms with Gasteiger partial charge in [0.15, 0.2) is 5.76 Å². The maximum Gasteiger partial charge on any atom is 0.219 e. The molecule has 1 aromatic carbocycles. The first kappa shape index (κ1) is 13.9. The SMILES string of the molecule is CCc1ccc(C(=O)C(C#N)c2ccc(F)cc2F)o1. The Morgan fingerprint density at radius 3 is 2.65 bits per heavy atom. The van der Waals surface area contributed by atoms with E-state index in [1.165, 1.54) is 6.07 Å². The molecule has 0 amide bonds. The molecule has 0 spiro atoms. The normalized spacial score (nSPS) is 11.9. The van der Waals surface area contributed by atoms with Gasteiger partial charge in [0.05, 0.1) is 6.07 Å². The van der Waals surface area contributed by atoms with E-state index in [2.05, 4.69) is 0 Å². The van der Waals surface area contributed by atoms with Crippen LogP contribution < -0.4 is 0 Å². The van der Waals surface area contributed by atoms with Crippen molar-refractivity contribution in [3.63, 3.8) is 0 Å². The Morgan fingerprint density at radius 1 is 1.35 bits per heavy atom. The zero-order valence-corrected chi connectivity index (χ0v) is 10.7. The zero-order valence-electron chi connectivity index (χ0n) is 10.7. The summed E-state index contributed by atoms with van der Waals surface area (Å²) in [4.78, 5) is 12.2. The molecule has 1 unspecified atom stereocenters. The van der Waals surface area contributed by atoms with Crippen LogP contribution in [0, 0.1) is 23.0 Å². The van der Waals surface area contributed by atoms with Gasteiger partial charge in [0, 0.05) is 18.1 Å². The summed E-state index contributed by atoms with van der Waals surface area (Å²) in [5, 5.41) is 9.10. The van der Waals surface area contributed by atoms with Crippen LogP contribution in [0.15, 0.2) is 34.7 Å². The Morgan fingerprint density at radius 2 is 2.10 bits per heavy atom. The predicted molar refractivity (Wildman–Crippen MR) is 67.1 cm³/mol. The lowest BCUT2D eigenvalue weighted by Gasteiger charge is -2.08. The van der Waals surface area contributed by atoms with Crippen molar-refractivity contribution in [1.82, 2.24) is 0 Å². The number of hydrogen-bond acceptors (Lipinski definition) is 3. The number of aryl methyl sites for hydroxylation is 1. The average molecular weight is 275 g/mol. The number of furan rings is 1. The summed E-state index contributed by atoms with van der Waals surface area (Å²) in [6, 6.07) is 7.56. The van der Waals surface area contributed by atoms with Crippen molar-refractivity contribution in [3.8, 4) is 6.07 Å². The minimum Gasteiger partial charge on any atom is -0.458 e. The minimum atomic E-state index is -1.36. The molecule has 0 bridgehead atoms. The van der Waals surface area contributed by atoms with E-state index in [4.69, 9.17) is 9.68 Å². The Bertz CT molecular complexity index is 685. The number of carbonyl (C=O) groups excluding carboxylic acids is 1. The summed E-state index contributed by atoms with van der Waals surface area (Å²) >= 11 is 0. The highest BCUT2D eigenvalue weighted by molar-refractivity contribution is 6.00. The van der Waals surface area contributed by atoms with Crippen molar-refractivity contribution in [2.45, 2.75) is 19.3 Å². The van der Waals surface area contributed by atoms with E-state index in [0.29, 0.717) is 18.2 Å². The molecule has 0 saturated heterocycles. The van der Waals surface area contributed by atoms with Gasteiger partial charge in [-0.3, -0.25) is 4.79 Å². The van der Waals surface area contributed by atoms with E-state index in [1.54, 1.807) is 12.1 Å². The third-order valence-electron chi connectivity index (χ3n) is 2.92. The number of benzene rings is 1. The molecule has 0 aliphatic carbocycles. The van der Waals surface area contributed by atoms with E-state index >= 15 is 0 Å². The summed E-state index contributed by atoms with van der Waals surface area (Å²) in [7, 11) is 0. The second kappa shape index (κ2) is 5.66. The largest absolute Gasteiger partial charge is 0.458 e. The van der Waals surface area contributed by atoms with Gasteiger partial charge in [0.25, 0.3) is 0 Å². The van der Waals surface area contributed by atoms with Gasteiger partial charge < -0.3 is 4.42 Å². The van der Waals surface area contributed by atoms with Crippen LogP contribution >= 0.6 is 0 Å². The third-order valence-corrected chi connectivity index (χ3v) is 2.92. The van der Waals surface area contributed by atoms with Crippen LogP contribution in [0.3, 0.4) is 0 Å². The fourth-order valence-electron chi connectivity index (χ4n) is 1.85. The third kappa shape index (κ3) is 2.59. The summed E-state index contributed by atoms with van der Waals surface area (Å²) in [6.45, 7) is 1.86. The monoisotopic (exact) mass is 275 g/mol. The molecule has 20 heavy (non-hydrogen) atoms. The summed E-state index contributed by atoms with van der Waals surface area (Å²) in [5.74, 6) is -3.08. The molecule has 0 radical (unpaired) electrons. The van der Waals surface area contributed by atoms with Crippen LogP contribution in [0.2, 0.25) is 0 Å². The lowest BCUT2D eigenvalue weighted by Crippen LogP contribution is -2.12. The van der Waals surface area contributed by atoms with Gasteiger partial charge in [-0.25, -0.2) is 8.78 Å². The van der Waals surface area contributed by atoms with Crippen LogP contribution in [-0.2, 0) is 6.42 Å². The molecule has 0 aliphatic heterocycles. The summed E-state index contributed by atoms with van der Waals surface area (Å²) in [6.07, 6.45) is 0.607. The number of nitriles is 1. The molecule has 3 nitrogen and oxygen atoms in total. The Balaban J connectivity index is 2.37. The Kier molecular flexibility index (Phi) is 3.94. The quantitative estimate of drug-likeness (QED) is 0.801. The van der Waals surface area contributed by atoms with Gasteiger partial charge in [-0.05, 0) is 18.2 Å². The maximum absolute atomic E-state index is 13.7. The van der Waals surface area contributed by atoms with E-state index in [-0.39, 0.29) is 11.3 Å². The Labute approximate surface area is 114 Å². The number of hydrogen-bond donors (Lipinski definition) is 0. The number of ketones is 1. The van der Waals surface area contributed by atoms with Gasteiger partial charge in [-0.15, -0.1) is 0 Å². The van der Waals surface area contributed by atoms with Crippen LogP contribution in [0.5, 0.6) is 0 Å². The molecule has 1 heterocycles. The van der Waals surface area contributed by atoms with Crippen molar-refractivity contribution in [1.29, 1.82) is 5.26 Å². The number of carbonyl (C=O) groups is 1. The van der Waals surface area contributed by atoms with Crippen LogP contribution in [0.4, 0.5) is 8.78 Å². The molecule has 5 heteroatoms. The molecule has 0 fully saturated rings. The molecule has 2 aromatic rings. The van der Waals surface area contributed by atoms with E-state index in [1.807, 2.05) is 6.92 Å². The molecule has 102 valence electrons. The van der Waals surface area contributed by atoms with Crippen LogP contribution in [-0.4, -0.2) is 5.78 Å².